The maximum absolute atomic E-state index is 13.4. The molecule has 0 unspecified atom stereocenters. The summed E-state index contributed by atoms with van der Waals surface area (Å²) in [6.45, 7) is 3.59. The Kier molecular flexibility index (Phi) is 6.11. The molecule has 2 heterocycles. The van der Waals surface area contributed by atoms with Gasteiger partial charge in [0.1, 0.15) is 0 Å². The van der Waals surface area contributed by atoms with Gasteiger partial charge in [-0.2, -0.15) is 0 Å². The lowest BCUT2D eigenvalue weighted by atomic mass is 10.1. The molecule has 0 aromatic heterocycles. The predicted octanol–water partition coefficient (Wildman–Crippen LogP) is 4.93. The summed E-state index contributed by atoms with van der Waals surface area (Å²) in [6.07, 6.45) is 2.01. The van der Waals surface area contributed by atoms with Crippen molar-refractivity contribution in [3.8, 4) is 11.5 Å². The molecular formula is C22H23Cl2NO5. The third-order valence-corrected chi connectivity index (χ3v) is 5.84. The van der Waals surface area contributed by atoms with Gasteiger partial charge >= 0.3 is 0 Å². The van der Waals surface area contributed by atoms with Crippen molar-refractivity contribution in [3.05, 3.63) is 51.5 Å². The van der Waals surface area contributed by atoms with Crippen LogP contribution in [0.1, 0.15) is 30.9 Å². The van der Waals surface area contributed by atoms with Crippen LogP contribution < -0.4 is 14.4 Å². The summed E-state index contributed by atoms with van der Waals surface area (Å²) in [4.78, 5) is 15.0. The summed E-state index contributed by atoms with van der Waals surface area (Å²) >= 11 is 12.9. The molecule has 0 radical (unpaired) electrons. The SMILES string of the molecule is CCCCOc1ccc(CN2C(=O)C3(OCCO3)c3c(Cl)ccc(Cl)c32)cc1OC. The van der Waals surface area contributed by atoms with Gasteiger partial charge in [-0.3, -0.25) is 4.79 Å². The number of anilines is 1. The van der Waals surface area contributed by atoms with Crippen LogP contribution in [0.4, 0.5) is 5.69 Å². The minimum Gasteiger partial charge on any atom is -0.493 e. The van der Waals surface area contributed by atoms with Crippen LogP contribution in [0.5, 0.6) is 11.5 Å². The zero-order valence-electron chi connectivity index (χ0n) is 16.9. The largest absolute Gasteiger partial charge is 0.493 e. The molecule has 0 aliphatic carbocycles. The number of carbonyl (C=O) groups excluding carboxylic acids is 1. The van der Waals surface area contributed by atoms with Crippen molar-refractivity contribution in [2.75, 3.05) is 31.8 Å². The Morgan fingerprint density at radius 3 is 2.53 bits per heavy atom. The van der Waals surface area contributed by atoms with Crippen LogP contribution in [-0.4, -0.2) is 32.8 Å². The average molecular weight is 452 g/mol. The second kappa shape index (κ2) is 8.63. The van der Waals surface area contributed by atoms with E-state index in [9.17, 15) is 4.79 Å². The molecule has 2 aromatic rings. The third kappa shape index (κ3) is 3.52. The summed E-state index contributed by atoms with van der Waals surface area (Å²) in [5.74, 6) is -0.601. The fraction of sp³-hybridized carbons (Fsp3) is 0.409. The topological polar surface area (TPSA) is 57.2 Å². The molecule has 4 rings (SSSR count). The lowest BCUT2D eigenvalue weighted by Gasteiger charge is -2.22. The fourth-order valence-corrected chi connectivity index (χ4v) is 4.31. The van der Waals surface area contributed by atoms with Crippen molar-refractivity contribution in [1.29, 1.82) is 0 Å². The average Bonchev–Trinajstić information content (AvgIpc) is 3.32. The second-order valence-electron chi connectivity index (χ2n) is 7.14. The standard InChI is InChI=1S/C22H23Cl2NO5/c1-3-4-9-28-17-8-5-14(12-18(17)27-2)13-25-20-16(24)7-6-15(23)19(20)22(21(25)26)29-10-11-30-22/h5-8,12H,3-4,9-11,13H2,1-2H3. The Bertz CT molecular complexity index is 959. The first-order chi connectivity index (χ1) is 14.5. The Labute approximate surface area is 185 Å². The summed E-state index contributed by atoms with van der Waals surface area (Å²) in [7, 11) is 1.59. The monoisotopic (exact) mass is 451 g/mol. The van der Waals surface area contributed by atoms with Gasteiger partial charge < -0.3 is 23.8 Å². The Balaban J connectivity index is 1.67. The molecule has 1 saturated heterocycles. The van der Waals surface area contributed by atoms with Gasteiger partial charge in [0.05, 0.1) is 54.8 Å². The van der Waals surface area contributed by atoms with Crippen molar-refractivity contribution >= 4 is 34.8 Å². The lowest BCUT2D eigenvalue weighted by molar-refractivity contribution is -0.180. The Morgan fingerprint density at radius 2 is 1.83 bits per heavy atom. The van der Waals surface area contributed by atoms with E-state index in [0.717, 1.165) is 18.4 Å². The van der Waals surface area contributed by atoms with E-state index < -0.39 is 5.79 Å². The van der Waals surface area contributed by atoms with Crippen LogP contribution in [0.25, 0.3) is 0 Å². The smallest absolute Gasteiger partial charge is 0.292 e. The highest BCUT2D eigenvalue weighted by atomic mass is 35.5. The van der Waals surface area contributed by atoms with E-state index in [1.54, 1.807) is 24.1 Å². The maximum atomic E-state index is 13.4. The number of hydrogen-bond acceptors (Lipinski definition) is 5. The lowest BCUT2D eigenvalue weighted by Crippen LogP contribution is -2.41. The number of amides is 1. The molecule has 0 saturated carbocycles. The van der Waals surface area contributed by atoms with Crippen molar-refractivity contribution < 1.29 is 23.7 Å². The number of nitrogens with zero attached hydrogens (tertiary/aromatic N) is 1. The van der Waals surface area contributed by atoms with E-state index in [2.05, 4.69) is 6.92 Å². The fourth-order valence-electron chi connectivity index (χ4n) is 3.77. The molecule has 8 heteroatoms. The van der Waals surface area contributed by atoms with Gasteiger partial charge in [0.15, 0.2) is 11.5 Å². The minimum absolute atomic E-state index is 0.256. The molecule has 2 aromatic carbocycles. The molecule has 160 valence electrons. The van der Waals surface area contributed by atoms with Crippen LogP contribution in [0.2, 0.25) is 10.0 Å². The summed E-state index contributed by atoms with van der Waals surface area (Å²) < 4.78 is 22.8. The first kappa shape index (κ1) is 21.2. The van der Waals surface area contributed by atoms with Crippen molar-refractivity contribution in [1.82, 2.24) is 0 Å². The van der Waals surface area contributed by atoms with E-state index in [4.69, 9.17) is 42.1 Å². The first-order valence-electron chi connectivity index (χ1n) is 9.90. The van der Waals surface area contributed by atoms with Crippen molar-refractivity contribution in [2.24, 2.45) is 0 Å². The van der Waals surface area contributed by atoms with Crippen molar-refractivity contribution in [2.45, 2.75) is 32.1 Å². The van der Waals surface area contributed by atoms with Gasteiger partial charge in [-0.15, -0.1) is 0 Å². The number of rotatable bonds is 7. The second-order valence-corrected chi connectivity index (χ2v) is 7.96. The van der Waals surface area contributed by atoms with Crippen LogP contribution in [-0.2, 0) is 26.6 Å². The van der Waals surface area contributed by atoms with E-state index in [0.29, 0.717) is 52.6 Å². The number of methoxy groups -OCH3 is 1. The van der Waals surface area contributed by atoms with Gasteiger partial charge in [-0.1, -0.05) is 42.6 Å². The highest BCUT2D eigenvalue weighted by Gasteiger charge is 2.58. The molecular weight excluding hydrogens is 429 g/mol. The molecule has 6 nitrogen and oxygen atoms in total. The molecule has 1 amide bonds. The molecule has 2 aliphatic heterocycles. The number of halogens is 2. The van der Waals surface area contributed by atoms with E-state index in [1.165, 1.54) is 0 Å². The van der Waals surface area contributed by atoms with E-state index in [-0.39, 0.29) is 12.5 Å². The van der Waals surface area contributed by atoms with Crippen LogP contribution in [0.3, 0.4) is 0 Å². The van der Waals surface area contributed by atoms with Gasteiger partial charge in [0.25, 0.3) is 11.7 Å². The molecule has 0 atom stereocenters. The Morgan fingerprint density at radius 1 is 1.10 bits per heavy atom. The normalized spacial score (nSPS) is 16.9. The molecule has 1 fully saturated rings. The zero-order valence-corrected chi connectivity index (χ0v) is 18.4. The van der Waals surface area contributed by atoms with Crippen LogP contribution in [0.15, 0.2) is 30.3 Å². The molecule has 2 aliphatic rings. The van der Waals surface area contributed by atoms with E-state index in [1.807, 2.05) is 18.2 Å². The third-order valence-electron chi connectivity index (χ3n) is 5.22. The summed E-state index contributed by atoms with van der Waals surface area (Å²) in [6, 6.07) is 8.92. The maximum Gasteiger partial charge on any atom is 0.292 e. The van der Waals surface area contributed by atoms with Gasteiger partial charge in [0, 0.05) is 0 Å². The highest BCUT2D eigenvalue weighted by molar-refractivity contribution is 6.38. The minimum atomic E-state index is -1.54. The van der Waals surface area contributed by atoms with Gasteiger partial charge in [-0.25, -0.2) is 0 Å². The number of carbonyl (C=O) groups is 1. The van der Waals surface area contributed by atoms with Crippen LogP contribution in [0, 0.1) is 0 Å². The van der Waals surface area contributed by atoms with Gasteiger partial charge in [0.2, 0.25) is 0 Å². The van der Waals surface area contributed by atoms with Gasteiger partial charge in [-0.05, 0) is 36.2 Å². The Hall–Kier alpha value is -1.99. The van der Waals surface area contributed by atoms with Crippen LogP contribution >= 0.6 is 23.2 Å². The number of ether oxygens (including phenoxy) is 4. The quantitative estimate of drug-likeness (QED) is 0.558. The summed E-state index contributed by atoms with van der Waals surface area (Å²) in [5.41, 5.74) is 1.82. The number of benzene rings is 2. The predicted molar refractivity (Wildman–Crippen MR) is 115 cm³/mol. The highest BCUT2D eigenvalue weighted by Crippen LogP contribution is 2.52. The zero-order chi connectivity index (χ0) is 21.3. The number of hydrogen-bond donors (Lipinski definition) is 0. The number of unbranched alkanes of at least 4 members (excludes halogenated alkanes) is 1. The number of fused-ring (bicyclic) bond motifs is 2. The molecule has 0 bridgehead atoms. The first-order valence-corrected chi connectivity index (χ1v) is 10.7. The molecule has 30 heavy (non-hydrogen) atoms. The molecule has 1 spiro atoms. The summed E-state index contributed by atoms with van der Waals surface area (Å²) in [5, 5.41) is 0.787. The van der Waals surface area contributed by atoms with Crippen molar-refractivity contribution in [3.63, 3.8) is 0 Å². The van der Waals surface area contributed by atoms with E-state index >= 15 is 0 Å². The molecule has 0 N–H and O–H groups in total.